The Morgan fingerprint density at radius 1 is 1.13 bits per heavy atom. The second-order valence-corrected chi connectivity index (χ2v) is 7.08. The van der Waals surface area contributed by atoms with Gasteiger partial charge in [0.25, 0.3) is 0 Å². The lowest BCUT2D eigenvalue weighted by molar-refractivity contribution is -0.137. The molecule has 1 aliphatic rings. The summed E-state index contributed by atoms with van der Waals surface area (Å²) in [5.41, 5.74) is -0.106. The van der Waals surface area contributed by atoms with Gasteiger partial charge in [-0.3, -0.25) is 4.79 Å². The molecule has 0 bridgehead atoms. The van der Waals surface area contributed by atoms with E-state index in [1.807, 2.05) is 0 Å². The highest BCUT2D eigenvalue weighted by Crippen LogP contribution is 2.41. The maximum absolute atomic E-state index is 12.7. The molecule has 0 radical (unpaired) electrons. The fraction of sp³-hybridized carbons (Fsp3) is 0.632. The normalized spacial score (nSPS) is 17.4. The minimum atomic E-state index is -4.40. The van der Waals surface area contributed by atoms with Gasteiger partial charge in [-0.1, -0.05) is 44.7 Å². The molecule has 1 aromatic rings. The number of hydrogen-bond donors (Lipinski definition) is 0. The van der Waals surface area contributed by atoms with Gasteiger partial charge < -0.3 is 0 Å². The zero-order chi connectivity index (χ0) is 16.9. The standard InChI is InChI=1S/C19H25F3O/c1-18(12-5-6-13-18)11-4-2-3-10-17(23)15-8-7-9-16(14-15)19(20,21)22/h7-9,14H,2-6,10-13H2,1H3. The van der Waals surface area contributed by atoms with Crippen LogP contribution in [0.2, 0.25) is 0 Å². The third kappa shape index (κ3) is 5.36. The lowest BCUT2D eigenvalue weighted by atomic mass is 9.83. The fourth-order valence-electron chi connectivity index (χ4n) is 3.51. The average Bonchev–Trinajstić information content (AvgIpc) is 2.93. The summed E-state index contributed by atoms with van der Waals surface area (Å²) in [5.74, 6) is -0.192. The highest BCUT2D eigenvalue weighted by atomic mass is 19.4. The number of unbranched alkanes of at least 4 members (excludes halogenated alkanes) is 2. The van der Waals surface area contributed by atoms with Crippen molar-refractivity contribution in [2.75, 3.05) is 0 Å². The summed E-state index contributed by atoms with van der Waals surface area (Å²) >= 11 is 0. The van der Waals surface area contributed by atoms with Gasteiger partial charge in [-0.25, -0.2) is 0 Å². The monoisotopic (exact) mass is 326 g/mol. The SMILES string of the molecule is CC1(CCCCCC(=O)c2cccc(C(F)(F)F)c2)CCCC1. The molecule has 1 saturated carbocycles. The number of benzene rings is 1. The number of rotatable bonds is 7. The topological polar surface area (TPSA) is 17.1 Å². The zero-order valence-corrected chi connectivity index (χ0v) is 13.7. The predicted molar refractivity (Wildman–Crippen MR) is 85.4 cm³/mol. The van der Waals surface area contributed by atoms with E-state index in [0.717, 1.165) is 31.4 Å². The Morgan fingerprint density at radius 2 is 1.83 bits per heavy atom. The average molecular weight is 326 g/mol. The Kier molecular flexibility index (Phi) is 5.88. The van der Waals surface area contributed by atoms with E-state index in [4.69, 9.17) is 0 Å². The van der Waals surface area contributed by atoms with E-state index in [9.17, 15) is 18.0 Å². The van der Waals surface area contributed by atoms with Crippen molar-refractivity contribution in [1.29, 1.82) is 0 Å². The van der Waals surface area contributed by atoms with E-state index in [2.05, 4.69) is 6.92 Å². The van der Waals surface area contributed by atoms with Gasteiger partial charge in [-0.15, -0.1) is 0 Å². The van der Waals surface area contributed by atoms with Crippen LogP contribution in [0.1, 0.15) is 80.6 Å². The number of hydrogen-bond acceptors (Lipinski definition) is 1. The first kappa shape index (κ1) is 18.0. The molecular formula is C19H25F3O. The fourth-order valence-corrected chi connectivity index (χ4v) is 3.51. The number of Topliss-reactive ketones (excluding diaryl/α,β-unsaturated/α-hetero) is 1. The number of carbonyl (C=O) groups excluding carboxylic acids is 1. The number of carbonyl (C=O) groups is 1. The maximum Gasteiger partial charge on any atom is 0.416 e. The number of halogens is 3. The minimum Gasteiger partial charge on any atom is -0.294 e. The Morgan fingerprint density at radius 3 is 2.48 bits per heavy atom. The van der Waals surface area contributed by atoms with Crippen molar-refractivity contribution in [3.05, 3.63) is 35.4 Å². The highest BCUT2D eigenvalue weighted by molar-refractivity contribution is 5.96. The van der Waals surface area contributed by atoms with Gasteiger partial charge in [0.2, 0.25) is 0 Å². The van der Waals surface area contributed by atoms with Gasteiger partial charge >= 0.3 is 6.18 Å². The van der Waals surface area contributed by atoms with E-state index >= 15 is 0 Å². The summed E-state index contributed by atoms with van der Waals surface area (Å²) in [5, 5.41) is 0. The third-order valence-electron chi connectivity index (χ3n) is 5.01. The van der Waals surface area contributed by atoms with Crippen molar-refractivity contribution in [1.82, 2.24) is 0 Å². The molecule has 0 heterocycles. The molecule has 0 N–H and O–H groups in total. The second kappa shape index (κ2) is 7.50. The molecule has 128 valence electrons. The van der Waals surface area contributed by atoms with Crippen LogP contribution in [0.5, 0.6) is 0 Å². The molecule has 0 unspecified atom stereocenters. The first-order chi connectivity index (χ1) is 10.8. The van der Waals surface area contributed by atoms with Crippen LogP contribution in [0.4, 0.5) is 13.2 Å². The van der Waals surface area contributed by atoms with Crippen molar-refractivity contribution < 1.29 is 18.0 Å². The summed E-state index contributed by atoms with van der Waals surface area (Å²) in [6.07, 6.45) is 5.22. The maximum atomic E-state index is 12.7. The molecule has 0 aliphatic heterocycles. The zero-order valence-electron chi connectivity index (χ0n) is 13.7. The van der Waals surface area contributed by atoms with E-state index in [1.165, 1.54) is 44.2 Å². The Bertz CT molecular complexity index is 528. The van der Waals surface area contributed by atoms with Crippen molar-refractivity contribution >= 4 is 5.78 Å². The molecular weight excluding hydrogens is 301 g/mol. The molecule has 23 heavy (non-hydrogen) atoms. The molecule has 0 amide bonds. The molecule has 4 heteroatoms. The van der Waals surface area contributed by atoms with Gasteiger partial charge in [0.1, 0.15) is 0 Å². The van der Waals surface area contributed by atoms with Crippen LogP contribution in [0, 0.1) is 5.41 Å². The van der Waals surface area contributed by atoms with Crippen LogP contribution >= 0.6 is 0 Å². The van der Waals surface area contributed by atoms with Crippen LogP contribution in [0.3, 0.4) is 0 Å². The van der Waals surface area contributed by atoms with Crippen molar-refractivity contribution in [3.63, 3.8) is 0 Å². The van der Waals surface area contributed by atoms with Crippen molar-refractivity contribution in [3.8, 4) is 0 Å². The quantitative estimate of drug-likeness (QED) is 0.417. The third-order valence-corrected chi connectivity index (χ3v) is 5.01. The van der Waals surface area contributed by atoms with Crippen LogP contribution in [-0.2, 0) is 6.18 Å². The van der Waals surface area contributed by atoms with Crippen LogP contribution < -0.4 is 0 Å². The van der Waals surface area contributed by atoms with Gasteiger partial charge in [-0.05, 0) is 43.2 Å². The molecule has 2 rings (SSSR count). The molecule has 1 aliphatic carbocycles. The summed E-state index contributed by atoms with van der Waals surface area (Å²) in [7, 11) is 0. The van der Waals surface area contributed by atoms with E-state index < -0.39 is 11.7 Å². The Labute approximate surface area is 136 Å². The number of alkyl halides is 3. The van der Waals surface area contributed by atoms with Crippen molar-refractivity contribution in [2.24, 2.45) is 5.41 Å². The lowest BCUT2D eigenvalue weighted by Crippen LogP contribution is -2.10. The van der Waals surface area contributed by atoms with Crippen LogP contribution in [0.15, 0.2) is 24.3 Å². The molecule has 0 atom stereocenters. The first-order valence-electron chi connectivity index (χ1n) is 8.51. The summed E-state index contributed by atoms with van der Waals surface area (Å²) < 4.78 is 38.0. The first-order valence-corrected chi connectivity index (χ1v) is 8.51. The Balaban J connectivity index is 1.74. The molecule has 0 spiro atoms. The second-order valence-electron chi connectivity index (χ2n) is 7.08. The summed E-state index contributed by atoms with van der Waals surface area (Å²) in [4.78, 5) is 12.0. The minimum absolute atomic E-state index is 0.169. The van der Waals surface area contributed by atoms with Gasteiger partial charge in [0, 0.05) is 12.0 Å². The molecule has 0 aromatic heterocycles. The Hall–Kier alpha value is -1.32. The largest absolute Gasteiger partial charge is 0.416 e. The van der Waals surface area contributed by atoms with Gasteiger partial charge in [-0.2, -0.15) is 13.2 Å². The lowest BCUT2D eigenvalue weighted by Gasteiger charge is -2.22. The summed E-state index contributed by atoms with van der Waals surface area (Å²) in [6.45, 7) is 2.34. The van der Waals surface area contributed by atoms with E-state index in [1.54, 1.807) is 0 Å². The smallest absolute Gasteiger partial charge is 0.294 e. The van der Waals surface area contributed by atoms with Gasteiger partial charge in [0.05, 0.1) is 5.56 Å². The highest BCUT2D eigenvalue weighted by Gasteiger charge is 2.31. The van der Waals surface area contributed by atoms with Crippen LogP contribution in [-0.4, -0.2) is 5.78 Å². The molecule has 1 aromatic carbocycles. The molecule has 1 nitrogen and oxygen atoms in total. The number of ketones is 1. The van der Waals surface area contributed by atoms with Crippen molar-refractivity contribution in [2.45, 2.75) is 70.9 Å². The molecule has 1 fully saturated rings. The van der Waals surface area contributed by atoms with E-state index in [-0.39, 0.29) is 11.3 Å². The van der Waals surface area contributed by atoms with Crippen LogP contribution in [0.25, 0.3) is 0 Å². The van der Waals surface area contributed by atoms with Gasteiger partial charge in [0.15, 0.2) is 5.78 Å². The predicted octanol–water partition coefficient (Wildman–Crippen LogP) is 6.42. The van der Waals surface area contributed by atoms with E-state index in [0.29, 0.717) is 11.8 Å². The summed E-state index contributed by atoms with van der Waals surface area (Å²) in [6, 6.07) is 4.73. The molecule has 0 saturated heterocycles.